The van der Waals surface area contributed by atoms with Crippen molar-refractivity contribution in [2.75, 3.05) is 33.4 Å². The molecule has 2 unspecified atom stereocenters. The van der Waals surface area contributed by atoms with Crippen LogP contribution in [0.25, 0.3) is 0 Å². The third-order valence-corrected chi connectivity index (χ3v) is 4.63. The highest BCUT2D eigenvalue weighted by atomic mass is 16.5. The molecule has 2 heteroatoms. The highest BCUT2D eigenvalue weighted by Crippen LogP contribution is 2.31. The maximum atomic E-state index is 5.62. The minimum absolute atomic E-state index is 0.825. The Morgan fingerprint density at radius 1 is 1.26 bits per heavy atom. The van der Waals surface area contributed by atoms with Crippen LogP contribution in [0.2, 0.25) is 0 Å². The minimum atomic E-state index is 0.825. The van der Waals surface area contributed by atoms with Crippen molar-refractivity contribution in [3.8, 4) is 0 Å². The Labute approximate surface area is 120 Å². The fourth-order valence-corrected chi connectivity index (χ4v) is 3.87. The largest absolute Gasteiger partial charge is 0.381 e. The van der Waals surface area contributed by atoms with E-state index in [-0.39, 0.29) is 0 Å². The van der Waals surface area contributed by atoms with E-state index in [2.05, 4.69) is 25.8 Å². The van der Waals surface area contributed by atoms with Crippen molar-refractivity contribution < 1.29 is 4.74 Å². The molecule has 0 amide bonds. The van der Waals surface area contributed by atoms with E-state index in [1.165, 1.54) is 38.8 Å². The molecule has 19 heavy (non-hydrogen) atoms. The topological polar surface area (TPSA) is 12.5 Å². The fourth-order valence-electron chi connectivity index (χ4n) is 3.87. The lowest BCUT2D eigenvalue weighted by atomic mass is 9.79. The summed E-state index contributed by atoms with van der Waals surface area (Å²) in [6.45, 7) is 13.4. The molecule has 2 fully saturated rings. The van der Waals surface area contributed by atoms with Crippen molar-refractivity contribution in [3.63, 3.8) is 0 Å². The van der Waals surface area contributed by atoms with Gasteiger partial charge in [0.25, 0.3) is 0 Å². The maximum absolute atomic E-state index is 5.62. The molecule has 0 aromatic rings. The van der Waals surface area contributed by atoms with E-state index < -0.39 is 0 Å². The summed E-state index contributed by atoms with van der Waals surface area (Å²) in [5.41, 5.74) is 0. The molecular weight excluding hydrogens is 234 g/mol. The first-order chi connectivity index (χ1) is 9.15. The normalized spacial score (nSPS) is 34.3. The van der Waals surface area contributed by atoms with Gasteiger partial charge in [-0.05, 0) is 56.4 Å². The first-order valence-electron chi connectivity index (χ1n) is 8.41. The highest BCUT2D eigenvalue weighted by molar-refractivity contribution is 4.79. The second-order valence-electron chi connectivity index (χ2n) is 6.62. The number of rotatable bonds is 3. The second kappa shape index (κ2) is 8.97. The second-order valence-corrected chi connectivity index (χ2v) is 6.62. The van der Waals surface area contributed by atoms with Crippen LogP contribution in [-0.2, 0) is 4.74 Å². The van der Waals surface area contributed by atoms with Gasteiger partial charge in [0, 0.05) is 26.3 Å². The van der Waals surface area contributed by atoms with Gasteiger partial charge in [-0.1, -0.05) is 27.7 Å². The molecule has 2 aliphatic heterocycles. The van der Waals surface area contributed by atoms with Crippen LogP contribution in [0.4, 0.5) is 0 Å². The predicted molar refractivity (Wildman–Crippen MR) is 83.4 cm³/mol. The molecule has 0 saturated carbocycles. The molecule has 0 spiro atoms. The number of nitrogens with zero attached hydrogens (tertiary/aromatic N) is 1. The van der Waals surface area contributed by atoms with Crippen LogP contribution in [0, 0.1) is 23.7 Å². The lowest BCUT2D eigenvalue weighted by molar-refractivity contribution is 0.0244. The summed E-state index contributed by atoms with van der Waals surface area (Å²) in [5.74, 6) is 3.47. The van der Waals surface area contributed by atoms with Crippen molar-refractivity contribution >= 4 is 0 Å². The van der Waals surface area contributed by atoms with Gasteiger partial charge in [-0.15, -0.1) is 0 Å². The summed E-state index contributed by atoms with van der Waals surface area (Å²) in [6.07, 6.45) is 5.50. The molecule has 2 nitrogen and oxygen atoms in total. The molecule has 0 aliphatic carbocycles. The van der Waals surface area contributed by atoms with Crippen LogP contribution in [0.5, 0.6) is 0 Å². The Hall–Kier alpha value is -0.0800. The highest BCUT2D eigenvalue weighted by Gasteiger charge is 2.27. The molecule has 2 heterocycles. The number of piperidine rings is 1. The van der Waals surface area contributed by atoms with Crippen LogP contribution in [-0.4, -0.2) is 38.3 Å². The predicted octanol–water partition coefficient (Wildman–Crippen LogP) is 4.05. The Morgan fingerprint density at radius 3 is 2.58 bits per heavy atom. The molecule has 2 aliphatic rings. The molecule has 0 aromatic carbocycles. The molecule has 2 saturated heterocycles. The Bertz CT molecular complexity index is 215. The van der Waals surface area contributed by atoms with Crippen molar-refractivity contribution in [3.05, 3.63) is 0 Å². The zero-order valence-corrected chi connectivity index (χ0v) is 13.8. The van der Waals surface area contributed by atoms with Gasteiger partial charge in [0.2, 0.25) is 0 Å². The SMILES string of the molecule is CC.CC(C[C@H]1C[C@@H](C)CN(C)C1)C1CCCOC1. The number of likely N-dealkylation sites (tertiary alicyclic amines) is 1. The summed E-state index contributed by atoms with van der Waals surface area (Å²) >= 11 is 0. The van der Waals surface area contributed by atoms with Gasteiger partial charge in [-0.25, -0.2) is 0 Å². The van der Waals surface area contributed by atoms with E-state index in [1.807, 2.05) is 13.8 Å². The zero-order valence-electron chi connectivity index (χ0n) is 13.8. The van der Waals surface area contributed by atoms with E-state index in [1.54, 1.807) is 0 Å². The van der Waals surface area contributed by atoms with Crippen LogP contribution < -0.4 is 0 Å². The molecule has 0 bridgehead atoms. The molecule has 2 rings (SSSR count). The quantitative estimate of drug-likeness (QED) is 0.766. The van der Waals surface area contributed by atoms with Crippen LogP contribution in [0.15, 0.2) is 0 Å². The van der Waals surface area contributed by atoms with Gasteiger partial charge in [0.05, 0.1) is 0 Å². The third kappa shape index (κ3) is 5.83. The van der Waals surface area contributed by atoms with Gasteiger partial charge in [-0.3, -0.25) is 0 Å². The van der Waals surface area contributed by atoms with Gasteiger partial charge < -0.3 is 9.64 Å². The standard InChI is InChI=1S/C15H29NO.C2H6/c1-12-7-14(10-16(3)9-12)8-13(2)15-5-4-6-17-11-15;1-2/h12-15H,4-11H2,1-3H3;1-2H3/t12-,13?,14-,15?;/m1./s1. The van der Waals surface area contributed by atoms with E-state index in [0.29, 0.717) is 0 Å². The molecule has 0 aromatic heterocycles. The average molecular weight is 269 g/mol. The van der Waals surface area contributed by atoms with Gasteiger partial charge in [0.1, 0.15) is 0 Å². The Balaban J connectivity index is 0.000000861. The number of hydrogen-bond donors (Lipinski definition) is 0. The van der Waals surface area contributed by atoms with Gasteiger partial charge in [-0.2, -0.15) is 0 Å². The first kappa shape index (κ1) is 17.0. The number of hydrogen-bond acceptors (Lipinski definition) is 2. The van der Waals surface area contributed by atoms with E-state index in [4.69, 9.17) is 4.74 Å². The third-order valence-electron chi connectivity index (χ3n) is 4.63. The average Bonchev–Trinajstić information content (AvgIpc) is 2.41. The van der Waals surface area contributed by atoms with Crippen molar-refractivity contribution in [2.24, 2.45) is 23.7 Å². The lowest BCUT2D eigenvalue weighted by Crippen LogP contribution is -2.38. The molecule has 4 atom stereocenters. The van der Waals surface area contributed by atoms with Crippen LogP contribution >= 0.6 is 0 Å². The van der Waals surface area contributed by atoms with E-state index >= 15 is 0 Å². The Morgan fingerprint density at radius 2 is 2.00 bits per heavy atom. The zero-order chi connectivity index (χ0) is 14.3. The molecule has 0 radical (unpaired) electrons. The lowest BCUT2D eigenvalue weighted by Gasteiger charge is -2.37. The van der Waals surface area contributed by atoms with Crippen LogP contribution in [0.3, 0.4) is 0 Å². The monoisotopic (exact) mass is 269 g/mol. The molecule has 0 N–H and O–H groups in total. The van der Waals surface area contributed by atoms with Gasteiger partial charge >= 0.3 is 0 Å². The first-order valence-corrected chi connectivity index (χ1v) is 8.41. The summed E-state index contributed by atoms with van der Waals surface area (Å²) in [5, 5.41) is 0. The number of ether oxygens (including phenoxy) is 1. The Kier molecular flexibility index (Phi) is 8.01. The minimum Gasteiger partial charge on any atom is -0.381 e. The maximum Gasteiger partial charge on any atom is 0.0496 e. The van der Waals surface area contributed by atoms with Crippen molar-refractivity contribution in [1.29, 1.82) is 0 Å². The van der Waals surface area contributed by atoms with Gasteiger partial charge in [0.15, 0.2) is 0 Å². The summed E-state index contributed by atoms with van der Waals surface area (Å²) < 4.78 is 5.62. The van der Waals surface area contributed by atoms with Crippen molar-refractivity contribution in [2.45, 2.75) is 53.4 Å². The summed E-state index contributed by atoms with van der Waals surface area (Å²) in [7, 11) is 2.27. The fraction of sp³-hybridized carbons (Fsp3) is 1.00. The van der Waals surface area contributed by atoms with E-state index in [9.17, 15) is 0 Å². The summed E-state index contributed by atoms with van der Waals surface area (Å²) in [4.78, 5) is 2.52. The summed E-state index contributed by atoms with van der Waals surface area (Å²) in [6, 6.07) is 0. The molecular formula is C17H35NO. The van der Waals surface area contributed by atoms with E-state index in [0.717, 1.165) is 36.9 Å². The van der Waals surface area contributed by atoms with Crippen molar-refractivity contribution in [1.82, 2.24) is 4.90 Å². The molecule has 114 valence electrons. The van der Waals surface area contributed by atoms with Crippen LogP contribution in [0.1, 0.15) is 53.4 Å². The smallest absolute Gasteiger partial charge is 0.0496 e.